The third-order valence-corrected chi connectivity index (χ3v) is 6.51. The number of rotatable bonds is 4. The molecule has 0 bridgehead atoms. The highest BCUT2D eigenvalue weighted by molar-refractivity contribution is 7.99. The Labute approximate surface area is 181 Å². The molecule has 1 N–H and O–H groups in total. The van der Waals surface area contributed by atoms with Gasteiger partial charge in [0.05, 0.1) is 29.5 Å². The van der Waals surface area contributed by atoms with Crippen LogP contribution in [0.5, 0.6) is 0 Å². The standard InChI is InChI=1S/C22H18F2N6S/c23-17-1-2-20(19(24)8-17)31-21-7-14(12-30-22(21)15(9-25)10-28-30)16-11-27-29(13-16)18-3-5-26-6-4-18/h1-2,7-8,10-13,18,26H,3-6H2. The van der Waals surface area contributed by atoms with Crippen molar-refractivity contribution < 1.29 is 8.78 Å². The van der Waals surface area contributed by atoms with Gasteiger partial charge in [0.25, 0.3) is 0 Å². The molecule has 3 aromatic heterocycles. The summed E-state index contributed by atoms with van der Waals surface area (Å²) >= 11 is 1.14. The van der Waals surface area contributed by atoms with Crippen molar-refractivity contribution >= 4 is 17.3 Å². The molecular weight excluding hydrogens is 418 g/mol. The summed E-state index contributed by atoms with van der Waals surface area (Å²) in [6.45, 7) is 1.94. The molecule has 31 heavy (non-hydrogen) atoms. The zero-order valence-electron chi connectivity index (χ0n) is 16.4. The van der Waals surface area contributed by atoms with E-state index in [2.05, 4.69) is 21.6 Å². The van der Waals surface area contributed by atoms with E-state index in [9.17, 15) is 14.0 Å². The molecule has 1 aromatic carbocycles. The van der Waals surface area contributed by atoms with E-state index in [-0.39, 0.29) is 4.90 Å². The number of pyridine rings is 1. The van der Waals surface area contributed by atoms with E-state index in [4.69, 9.17) is 0 Å². The molecule has 156 valence electrons. The first-order chi connectivity index (χ1) is 15.1. The van der Waals surface area contributed by atoms with Crippen LogP contribution < -0.4 is 5.32 Å². The van der Waals surface area contributed by atoms with Crippen LogP contribution in [-0.2, 0) is 0 Å². The average molecular weight is 436 g/mol. The van der Waals surface area contributed by atoms with Gasteiger partial charge in [0, 0.05) is 39.4 Å². The lowest BCUT2D eigenvalue weighted by atomic mass is 10.1. The zero-order valence-corrected chi connectivity index (χ0v) is 17.2. The first kappa shape index (κ1) is 19.7. The molecular formula is C22H18F2N6S. The lowest BCUT2D eigenvalue weighted by molar-refractivity contribution is 0.343. The van der Waals surface area contributed by atoms with E-state index in [1.807, 2.05) is 29.3 Å². The maximum atomic E-state index is 14.3. The van der Waals surface area contributed by atoms with Crippen molar-refractivity contribution in [2.24, 2.45) is 0 Å². The Bertz CT molecular complexity index is 1300. The van der Waals surface area contributed by atoms with Crippen molar-refractivity contribution in [3.05, 3.63) is 66.3 Å². The Morgan fingerprint density at radius 2 is 1.87 bits per heavy atom. The summed E-state index contributed by atoms with van der Waals surface area (Å²) in [4.78, 5) is 0.933. The Hall–Kier alpha value is -3.22. The number of halogens is 2. The topological polar surface area (TPSA) is 70.9 Å². The maximum Gasteiger partial charge on any atom is 0.140 e. The first-order valence-corrected chi connectivity index (χ1v) is 10.7. The monoisotopic (exact) mass is 436 g/mol. The fourth-order valence-corrected chi connectivity index (χ4v) is 4.85. The minimum Gasteiger partial charge on any atom is -0.317 e. The van der Waals surface area contributed by atoms with Crippen LogP contribution in [0.1, 0.15) is 24.4 Å². The summed E-state index contributed by atoms with van der Waals surface area (Å²) in [5.74, 6) is -1.28. The van der Waals surface area contributed by atoms with Crippen molar-refractivity contribution in [1.82, 2.24) is 24.7 Å². The second-order valence-corrected chi connectivity index (χ2v) is 8.51. The summed E-state index contributed by atoms with van der Waals surface area (Å²) in [7, 11) is 0. The molecule has 0 aliphatic carbocycles. The van der Waals surface area contributed by atoms with Crippen LogP contribution in [0, 0.1) is 23.0 Å². The normalized spacial score (nSPS) is 14.7. The molecule has 4 heterocycles. The van der Waals surface area contributed by atoms with Crippen molar-refractivity contribution in [2.45, 2.75) is 28.7 Å². The molecule has 9 heteroatoms. The number of hydrogen-bond donors (Lipinski definition) is 1. The van der Waals surface area contributed by atoms with Crippen molar-refractivity contribution in [1.29, 1.82) is 5.26 Å². The molecule has 0 amide bonds. The summed E-state index contributed by atoms with van der Waals surface area (Å²) in [5.41, 5.74) is 2.74. The number of aromatic nitrogens is 4. The highest BCUT2D eigenvalue weighted by atomic mass is 32.2. The highest BCUT2D eigenvalue weighted by Gasteiger charge is 2.18. The minimum absolute atomic E-state index is 0.274. The van der Waals surface area contributed by atoms with E-state index < -0.39 is 11.6 Å². The first-order valence-electron chi connectivity index (χ1n) is 9.92. The molecule has 0 radical (unpaired) electrons. The molecule has 1 saturated heterocycles. The molecule has 0 unspecified atom stereocenters. The second-order valence-electron chi connectivity index (χ2n) is 7.42. The van der Waals surface area contributed by atoms with Crippen LogP contribution in [0.2, 0.25) is 0 Å². The van der Waals surface area contributed by atoms with Crippen LogP contribution in [-0.4, -0.2) is 32.5 Å². The fraction of sp³-hybridized carbons (Fsp3) is 0.227. The molecule has 1 fully saturated rings. The summed E-state index contributed by atoms with van der Waals surface area (Å²) in [6, 6.07) is 7.86. The van der Waals surface area contributed by atoms with Crippen LogP contribution in [0.15, 0.2) is 58.8 Å². The molecule has 5 rings (SSSR count). The van der Waals surface area contributed by atoms with Gasteiger partial charge in [0.15, 0.2) is 0 Å². The fourth-order valence-electron chi connectivity index (χ4n) is 3.84. The van der Waals surface area contributed by atoms with Gasteiger partial charge in [-0.1, -0.05) is 11.8 Å². The van der Waals surface area contributed by atoms with Gasteiger partial charge < -0.3 is 5.32 Å². The highest BCUT2D eigenvalue weighted by Crippen LogP contribution is 2.37. The van der Waals surface area contributed by atoms with E-state index in [1.54, 1.807) is 4.52 Å². The van der Waals surface area contributed by atoms with Gasteiger partial charge in [-0.05, 0) is 44.1 Å². The zero-order chi connectivity index (χ0) is 21.4. The molecule has 4 aromatic rings. The van der Waals surface area contributed by atoms with Crippen LogP contribution in [0.3, 0.4) is 0 Å². The number of hydrogen-bond acceptors (Lipinski definition) is 5. The van der Waals surface area contributed by atoms with Gasteiger partial charge in [-0.3, -0.25) is 4.68 Å². The molecule has 0 saturated carbocycles. The lowest BCUT2D eigenvalue weighted by Gasteiger charge is -2.22. The van der Waals surface area contributed by atoms with E-state index in [0.29, 0.717) is 22.0 Å². The number of nitrogens with one attached hydrogen (secondary N) is 1. The number of fused-ring (bicyclic) bond motifs is 1. The third kappa shape index (κ3) is 3.80. The maximum absolute atomic E-state index is 14.3. The van der Waals surface area contributed by atoms with E-state index in [0.717, 1.165) is 54.9 Å². The summed E-state index contributed by atoms with van der Waals surface area (Å²) in [5, 5.41) is 21.7. The number of nitrogens with zero attached hydrogens (tertiary/aromatic N) is 5. The van der Waals surface area contributed by atoms with Crippen molar-refractivity contribution in [2.75, 3.05) is 13.1 Å². The van der Waals surface area contributed by atoms with Gasteiger partial charge >= 0.3 is 0 Å². The Morgan fingerprint density at radius 1 is 1.03 bits per heavy atom. The predicted molar refractivity (Wildman–Crippen MR) is 113 cm³/mol. The smallest absolute Gasteiger partial charge is 0.140 e. The van der Waals surface area contributed by atoms with Gasteiger partial charge in [-0.2, -0.15) is 15.5 Å². The van der Waals surface area contributed by atoms with E-state index >= 15 is 0 Å². The number of piperidine rings is 1. The Balaban J connectivity index is 1.57. The average Bonchev–Trinajstić information content (AvgIpc) is 3.43. The van der Waals surface area contributed by atoms with Crippen molar-refractivity contribution in [3.63, 3.8) is 0 Å². The van der Waals surface area contributed by atoms with Crippen LogP contribution >= 0.6 is 11.8 Å². The van der Waals surface area contributed by atoms with Gasteiger partial charge in [-0.25, -0.2) is 13.3 Å². The number of benzene rings is 1. The summed E-state index contributed by atoms with van der Waals surface area (Å²) in [6.07, 6.45) is 9.20. The molecule has 1 aliphatic heterocycles. The van der Waals surface area contributed by atoms with Crippen LogP contribution in [0.25, 0.3) is 16.6 Å². The summed E-state index contributed by atoms with van der Waals surface area (Å²) < 4.78 is 31.3. The molecule has 0 atom stereocenters. The van der Waals surface area contributed by atoms with Crippen molar-refractivity contribution in [3.8, 4) is 17.2 Å². The largest absolute Gasteiger partial charge is 0.317 e. The molecule has 6 nitrogen and oxygen atoms in total. The third-order valence-electron chi connectivity index (χ3n) is 5.43. The minimum atomic E-state index is -0.648. The predicted octanol–water partition coefficient (Wildman–Crippen LogP) is 4.42. The van der Waals surface area contributed by atoms with Gasteiger partial charge in [0.2, 0.25) is 0 Å². The van der Waals surface area contributed by atoms with E-state index in [1.165, 1.54) is 18.3 Å². The van der Waals surface area contributed by atoms with Gasteiger partial charge in [0.1, 0.15) is 17.7 Å². The van der Waals surface area contributed by atoms with Gasteiger partial charge in [-0.15, -0.1) is 0 Å². The molecule has 1 aliphatic rings. The number of nitriles is 1. The SMILES string of the molecule is N#Cc1cnn2cc(-c3cnn(C4CCNCC4)c3)cc(Sc3ccc(F)cc3F)c12. The Morgan fingerprint density at radius 3 is 2.65 bits per heavy atom. The quantitative estimate of drug-likeness (QED) is 0.513. The second kappa shape index (κ2) is 8.13. The van der Waals surface area contributed by atoms with Crippen LogP contribution in [0.4, 0.5) is 8.78 Å². The molecule has 0 spiro atoms. The lowest BCUT2D eigenvalue weighted by Crippen LogP contribution is -2.29. The Kier molecular flexibility index (Phi) is 5.18.